The van der Waals surface area contributed by atoms with E-state index in [0.29, 0.717) is 0 Å². The Bertz CT molecular complexity index is 192. The van der Waals surface area contributed by atoms with Crippen LogP contribution < -0.4 is 12.4 Å². The first-order chi connectivity index (χ1) is 9.56. The van der Waals surface area contributed by atoms with Gasteiger partial charge in [0.15, 0.2) is 0 Å². The number of quaternary nitrogens is 1. The highest BCUT2D eigenvalue weighted by atomic mass is 35.5. The second-order valence-electron chi connectivity index (χ2n) is 6.94. The minimum Gasteiger partial charge on any atom is -1.00 e. The van der Waals surface area contributed by atoms with E-state index in [0.717, 1.165) is 13.0 Å². The van der Waals surface area contributed by atoms with Gasteiger partial charge in [-0.15, -0.1) is 0 Å². The van der Waals surface area contributed by atoms with Crippen LogP contribution in [0, 0.1) is 0 Å². The molecule has 0 aliphatic rings. The minimum atomic E-state index is 0. The van der Waals surface area contributed by atoms with Crippen LogP contribution in [0.4, 0.5) is 0 Å². The highest BCUT2D eigenvalue weighted by Crippen LogP contribution is 2.13. The van der Waals surface area contributed by atoms with E-state index in [1.807, 2.05) is 14.1 Å². The quantitative estimate of drug-likeness (QED) is 0.279. The molecule has 0 saturated carbocycles. The molecule has 0 saturated heterocycles. The average Bonchev–Trinajstić information content (AvgIpc) is 2.38. The van der Waals surface area contributed by atoms with E-state index in [-0.39, 0.29) is 17.1 Å². The van der Waals surface area contributed by atoms with Gasteiger partial charge in [0.2, 0.25) is 0 Å². The van der Waals surface area contributed by atoms with Crippen LogP contribution in [-0.2, 0) is 0 Å². The van der Waals surface area contributed by atoms with Crippen molar-refractivity contribution in [3.63, 3.8) is 0 Å². The van der Waals surface area contributed by atoms with E-state index < -0.39 is 0 Å². The number of halogens is 1. The van der Waals surface area contributed by atoms with Crippen molar-refractivity contribution in [2.45, 2.75) is 96.8 Å². The summed E-state index contributed by atoms with van der Waals surface area (Å²) in [4.78, 5) is 0. The summed E-state index contributed by atoms with van der Waals surface area (Å²) in [5, 5.41) is 9.55. The molecule has 21 heavy (non-hydrogen) atoms. The van der Waals surface area contributed by atoms with E-state index in [4.69, 9.17) is 0 Å². The summed E-state index contributed by atoms with van der Waals surface area (Å²) in [6.07, 6.45) is 19.5. The van der Waals surface area contributed by atoms with Gasteiger partial charge in [0.1, 0.15) is 6.54 Å². The van der Waals surface area contributed by atoms with Crippen LogP contribution in [-0.4, -0.2) is 30.5 Å². The molecular weight excluding hydrogens is 282 g/mol. The smallest absolute Gasteiger partial charge is 0.108 e. The third-order valence-corrected chi connectivity index (χ3v) is 4.06. The number of hydrogen-bond donors (Lipinski definition) is 1. The highest BCUT2D eigenvalue weighted by Gasteiger charge is 2.08. The average molecular weight is 322 g/mol. The summed E-state index contributed by atoms with van der Waals surface area (Å²) in [5.74, 6) is 0. The van der Waals surface area contributed by atoms with E-state index in [1.165, 1.54) is 83.5 Å². The summed E-state index contributed by atoms with van der Waals surface area (Å²) in [5.41, 5.74) is 0. The summed E-state index contributed by atoms with van der Waals surface area (Å²) >= 11 is 0. The lowest BCUT2D eigenvalue weighted by molar-refractivity contribution is -1.07. The number of unbranched alkanes of at least 4 members (excludes halogenated alkanes) is 13. The Hall–Kier alpha value is 0.210. The Balaban J connectivity index is 0. The lowest BCUT2D eigenvalue weighted by atomic mass is 10.0. The highest BCUT2D eigenvalue weighted by molar-refractivity contribution is 4.49. The zero-order valence-electron chi connectivity index (χ0n) is 14.9. The molecule has 0 amide bonds. The zero-order valence-corrected chi connectivity index (χ0v) is 15.6. The molecule has 2 nitrogen and oxygen atoms in total. The van der Waals surface area contributed by atoms with Gasteiger partial charge in [0.25, 0.3) is 0 Å². The van der Waals surface area contributed by atoms with Gasteiger partial charge in [0, 0.05) is 0 Å². The van der Waals surface area contributed by atoms with Crippen LogP contribution >= 0.6 is 0 Å². The summed E-state index contributed by atoms with van der Waals surface area (Å²) < 4.78 is 0.123. The molecule has 0 bridgehead atoms. The molecule has 0 heterocycles. The Labute approximate surface area is 140 Å². The molecule has 0 spiro atoms. The van der Waals surface area contributed by atoms with Gasteiger partial charge >= 0.3 is 0 Å². The maximum atomic E-state index is 9.55. The number of hydrogen-bond acceptors (Lipinski definition) is 1. The third-order valence-electron chi connectivity index (χ3n) is 4.06. The van der Waals surface area contributed by atoms with Crippen LogP contribution in [0.1, 0.15) is 96.8 Å². The topological polar surface area (TPSA) is 20.2 Å². The van der Waals surface area contributed by atoms with Crippen molar-refractivity contribution in [1.29, 1.82) is 0 Å². The summed E-state index contributed by atoms with van der Waals surface area (Å²) in [6.45, 7) is 3.17. The van der Waals surface area contributed by atoms with Gasteiger partial charge in [-0.1, -0.05) is 84.0 Å². The molecule has 0 unspecified atom stereocenters. The Morgan fingerprint density at radius 2 is 0.857 bits per heavy atom. The normalized spacial score (nSPS) is 11.4. The van der Waals surface area contributed by atoms with Crippen LogP contribution in [0.25, 0.3) is 0 Å². The lowest BCUT2D eigenvalue weighted by Crippen LogP contribution is -3.00. The van der Waals surface area contributed by atoms with Gasteiger partial charge < -0.3 is 12.4 Å². The summed E-state index contributed by atoms with van der Waals surface area (Å²) in [7, 11) is 3.70. The zero-order chi connectivity index (χ0) is 15.1. The van der Waals surface area contributed by atoms with Gasteiger partial charge in [0.05, 0.1) is 14.1 Å². The molecule has 0 aliphatic carbocycles. The van der Waals surface area contributed by atoms with Crippen LogP contribution in [0.5, 0.6) is 0 Å². The van der Waals surface area contributed by atoms with Crippen molar-refractivity contribution in [3.8, 4) is 0 Å². The summed E-state index contributed by atoms with van der Waals surface area (Å²) in [6, 6.07) is 0. The van der Waals surface area contributed by atoms with Crippen molar-refractivity contribution in [1.82, 2.24) is 0 Å². The van der Waals surface area contributed by atoms with Gasteiger partial charge in [-0.3, -0.25) is 0 Å². The molecule has 0 aromatic rings. The SMILES string of the molecule is CCCCCCCCCCCCCCCC[N+](C)(C)O.[Cl-]. The first-order valence-electron chi connectivity index (χ1n) is 9.12. The largest absolute Gasteiger partial charge is 1.00 e. The third kappa shape index (κ3) is 22.6. The molecule has 1 N–H and O–H groups in total. The minimum absolute atomic E-state index is 0. The molecule has 0 aliphatic heterocycles. The van der Waals surface area contributed by atoms with E-state index in [9.17, 15) is 5.21 Å². The molecule has 130 valence electrons. The Kier molecular flexibility index (Phi) is 18.5. The van der Waals surface area contributed by atoms with E-state index >= 15 is 0 Å². The molecule has 3 heteroatoms. The van der Waals surface area contributed by atoms with Crippen molar-refractivity contribution < 1.29 is 22.3 Å². The molecule has 0 fully saturated rings. The fourth-order valence-electron chi connectivity index (χ4n) is 2.69. The maximum absolute atomic E-state index is 9.55. The Morgan fingerprint density at radius 1 is 0.571 bits per heavy atom. The van der Waals surface area contributed by atoms with Crippen molar-refractivity contribution in [2.75, 3.05) is 20.6 Å². The van der Waals surface area contributed by atoms with Crippen molar-refractivity contribution in [3.05, 3.63) is 0 Å². The maximum Gasteiger partial charge on any atom is 0.108 e. The fourth-order valence-corrected chi connectivity index (χ4v) is 2.69. The molecular formula is C18H40ClNO. The van der Waals surface area contributed by atoms with Crippen LogP contribution in [0.15, 0.2) is 0 Å². The van der Waals surface area contributed by atoms with E-state index in [2.05, 4.69) is 6.92 Å². The molecule has 0 rings (SSSR count). The molecule has 0 radical (unpaired) electrons. The van der Waals surface area contributed by atoms with Crippen molar-refractivity contribution >= 4 is 0 Å². The van der Waals surface area contributed by atoms with Gasteiger partial charge in [-0.2, -0.15) is 4.65 Å². The lowest BCUT2D eigenvalue weighted by Gasteiger charge is -2.18. The molecule has 0 atom stereocenters. The van der Waals surface area contributed by atoms with Crippen LogP contribution in [0.3, 0.4) is 0 Å². The predicted octanol–water partition coefficient (Wildman–Crippen LogP) is 2.94. The number of nitrogens with zero attached hydrogens (tertiary/aromatic N) is 1. The first kappa shape index (κ1) is 23.5. The predicted molar refractivity (Wildman–Crippen MR) is 89.1 cm³/mol. The second kappa shape index (κ2) is 16.6. The van der Waals surface area contributed by atoms with Gasteiger partial charge in [-0.25, -0.2) is 5.21 Å². The van der Waals surface area contributed by atoms with Crippen molar-refractivity contribution in [2.24, 2.45) is 0 Å². The molecule has 0 aromatic carbocycles. The first-order valence-corrected chi connectivity index (χ1v) is 9.12. The fraction of sp³-hybridized carbons (Fsp3) is 1.00. The van der Waals surface area contributed by atoms with Crippen LogP contribution in [0.2, 0.25) is 0 Å². The molecule has 0 aromatic heterocycles. The second-order valence-corrected chi connectivity index (χ2v) is 6.94. The number of rotatable bonds is 15. The Morgan fingerprint density at radius 3 is 1.14 bits per heavy atom. The van der Waals surface area contributed by atoms with Gasteiger partial charge in [-0.05, 0) is 12.8 Å². The number of hydroxylamine groups is 3. The standard InChI is InChI=1S/C18H40NO.ClH/c1-4-5-6-7-8-9-10-11-12-13-14-15-16-17-18-19(2,3)20;/h20H,4-18H2,1-3H3;1H/q+1;/p-1. The van der Waals surface area contributed by atoms with E-state index in [1.54, 1.807) is 0 Å². The monoisotopic (exact) mass is 321 g/mol.